The quantitative estimate of drug-likeness (QED) is 0.903. The van der Waals surface area contributed by atoms with Crippen LogP contribution in [0.15, 0.2) is 48.7 Å². The maximum atomic E-state index is 13.0. The van der Waals surface area contributed by atoms with Gasteiger partial charge in [-0.1, -0.05) is 24.3 Å². The Kier molecular flexibility index (Phi) is 4.23. The number of pyridine rings is 1. The van der Waals surface area contributed by atoms with Crippen molar-refractivity contribution < 1.29 is 9.59 Å². The first-order chi connectivity index (χ1) is 12.5. The van der Waals surface area contributed by atoms with Crippen molar-refractivity contribution in [3.8, 4) is 0 Å². The summed E-state index contributed by atoms with van der Waals surface area (Å²) in [6.45, 7) is 4.58. The van der Waals surface area contributed by atoms with E-state index in [0.717, 1.165) is 11.3 Å². The molecule has 1 aromatic heterocycles. The monoisotopic (exact) mass is 367 g/mol. The Hall–Kier alpha value is -2.34. The van der Waals surface area contributed by atoms with E-state index in [4.69, 9.17) is 0 Å². The molecule has 26 heavy (non-hydrogen) atoms. The predicted octanol–water partition coefficient (Wildman–Crippen LogP) is 2.79. The summed E-state index contributed by atoms with van der Waals surface area (Å²) in [5.74, 6) is -0.143. The Bertz CT molecular complexity index is 853. The third-order valence-electron chi connectivity index (χ3n) is 4.95. The minimum atomic E-state index is -0.485. The first kappa shape index (κ1) is 17.1. The molecule has 4 rings (SSSR count). The molecule has 6 heteroatoms. The molecule has 0 aliphatic carbocycles. The molecule has 2 amide bonds. The van der Waals surface area contributed by atoms with Crippen LogP contribution in [0, 0.1) is 0 Å². The molecule has 134 valence electrons. The van der Waals surface area contributed by atoms with E-state index in [0.29, 0.717) is 18.5 Å². The van der Waals surface area contributed by atoms with E-state index >= 15 is 0 Å². The van der Waals surface area contributed by atoms with Crippen LogP contribution in [-0.2, 0) is 11.2 Å². The van der Waals surface area contributed by atoms with Crippen LogP contribution in [0.2, 0.25) is 0 Å². The maximum Gasteiger partial charge on any atom is 0.256 e. The van der Waals surface area contributed by atoms with E-state index < -0.39 is 6.04 Å². The lowest BCUT2D eigenvalue weighted by Gasteiger charge is -2.29. The molecule has 0 saturated carbocycles. The van der Waals surface area contributed by atoms with Crippen LogP contribution in [0.5, 0.6) is 0 Å². The van der Waals surface area contributed by atoms with Crippen molar-refractivity contribution in [2.45, 2.75) is 36.4 Å². The van der Waals surface area contributed by atoms with E-state index in [1.54, 1.807) is 22.9 Å². The number of rotatable bonds is 4. The SMILES string of the molecule is CC1(C)S[C@@H]2c3ccccc3C(=O)N2[C@@H]1C(=O)NCCc1ccccn1. The maximum absolute atomic E-state index is 13.0. The van der Waals surface area contributed by atoms with Gasteiger partial charge in [0.25, 0.3) is 5.91 Å². The van der Waals surface area contributed by atoms with E-state index in [1.807, 2.05) is 56.3 Å². The smallest absolute Gasteiger partial charge is 0.256 e. The molecule has 1 aromatic carbocycles. The fourth-order valence-corrected chi connectivity index (χ4v) is 5.35. The minimum absolute atomic E-state index is 0.0476. The van der Waals surface area contributed by atoms with Gasteiger partial charge in [0.1, 0.15) is 11.4 Å². The fourth-order valence-electron chi connectivity index (χ4n) is 3.76. The number of thioether (sulfide) groups is 1. The van der Waals surface area contributed by atoms with Gasteiger partial charge in [-0.05, 0) is 37.6 Å². The van der Waals surface area contributed by atoms with Gasteiger partial charge in [0.15, 0.2) is 0 Å². The zero-order valence-electron chi connectivity index (χ0n) is 14.8. The molecule has 2 aliphatic rings. The van der Waals surface area contributed by atoms with Gasteiger partial charge in [-0.15, -0.1) is 11.8 Å². The van der Waals surface area contributed by atoms with E-state index in [9.17, 15) is 9.59 Å². The summed E-state index contributed by atoms with van der Waals surface area (Å²) in [4.78, 5) is 31.9. The van der Waals surface area contributed by atoms with Gasteiger partial charge >= 0.3 is 0 Å². The van der Waals surface area contributed by atoms with Crippen molar-refractivity contribution in [3.05, 3.63) is 65.5 Å². The molecule has 2 aromatic rings. The highest BCUT2D eigenvalue weighted by Gasteiger charge is 2.57. The Morgan fingerprint density at radius 3 is 2.77 bits per heavy atom. The van der Waals surface area contributed by atoms with Gasteiger partial charge in [-0.2, -0.15) is 0 Å². The average Bonchev–Trinajstić information content (AvgIpc) is 3.06. The van der Waals surface area contributed by atoms with Crippen LogP contribution in [-0.4, -0.2) is 39.0 Å². The van der Waals surface area contributed by atoms with Gasteiger partial charge in [0, 0.05) is 35.2 Å². The summed E-state index contributed by atoms with van der Waals surface area (Å²) in [7, 11) is 0. The number of carbonyl (C=O) groups is 2. The summed E-state index contributed by atoms with van der Waals surface area (Å²) in [5.41, 5.74) is 2.67. The van der Waals surface area contributed by atoms with Gasteiger partial charge in [-0.3, -0.25) is 14.6 Å². The van der Waals surface area contributed by atoms with Crippen molar-refractivity contribution in [2.24, 2.45) is 0 Å². The molecule has 0 radical (unpaired) electrons. The van der Waals surface area contributed by atoms with E-state index in [2.05, 4.69) is 10.3 Å². The number of aromatic nitrogens is 1. The molecular formula is C20H21N3O2S. The molecule has 0 spiro atoms. The van der Waals surface area contributed by atoms with Crippen molar-refractivity contribution in [1.29, 1.82) is 0 Å². The number of benzene rings is 1. The van der Waals surface area contributed by atoms with Crippen LogP contribution in [0.25, 0.3) is 0 Å². The van der Waals surface area contributed by atoms with Crippen molar-refractivity contribution >= 4 is 23.6 Å². The number of nitrogens with zero attached hydrogens (tertiary/aromatic N) is 2. The Morgan fingerprint density at radius 2 is 2.00 bits per heavy atom. The fraction of sp³-hybridized carbons (Fsp3) is 0.350. The topological polar surface area (TPSA) is 62.3 Å². The molecule has 1 fully saturated rings. The standard InChI is InChI=1S/C20H21N3O2S/c1-20(2)16(17(24)22-12-10-13-7-5-6-11-21-13)23-18(25)14-8-3-4-9-15(14)19(23)26-20/h3-9,11,16,19H,10,12H2,1-2H3,(H,22,24)/t16-,19-/m1/s1. The van der Waals surface area contributed by atoms with E-state index in [1.165, 1.54) is 0 Å². The second-order valence-corrected chi connectivity index (χ2v) is 8.87. The molecule has 2 atom stereocenters. The predicted molar refractivity (Wildman–Crippen MR) is 102 cm³/mol. The molecule has 0 unspecified atom stereocenters. The number of fused-ring (bicyclic) bond motifs is 3. The number of amides is 2. The Labute approximate surface area is 157 Å². The second-order valence-electron chi connectivity index (χ2n) is 7.14. The summed E-state index contributed by atoms with van der Waals surface area (Å²) < 4.78 is -0.344. The lowest BCUT2D eigenvalue weighted by molar-refractivity contribution is -0.126. The summed E-state index contributed by atoms with van der Waals surface area (Å²) in [6, 6.07) is 12.9. The number of nitrogens with one attached hydrogen (secondary N) is 1. The molecule has 3 heterocycles. The van der Waals surface area contributed by atoms with Crippen LogP contribution < -0.4 is 5.32 Å². The molecule has 2 aliphatic heterocycles. The van der Waals surface area contributed by atoms with Gasteiger partial charge in [0.05, 0.1) is 0 Å². The number of hydrogen-bond donors (Lipinski definition) is 1. The average molecular weight is 367 g/mol. The number of hydrogen-bond acceptors (Lipinski definition) is 4. The van der Waals surface area contributed by atoms with Crippen molar-refractivity contribution in [2.75, 3.05) is 6.54 Å². The summed E-state index contributed by atoms with van der Waals surface area (Å²) in [5, 5.41) is 2.92. The van der Waals surface area contributed by atoms with Crippen molar-refractivity contribution in [1.82, 2.24) is 15.2 Å². The largest absolute Gasteiger partial charge is 0.354 e. The van der Waals surface area contributed by atoms with Crippen LogP contribution in [0.4, 0.5) is 0 Å². The van der Waals surface area contributed by atoms with E-state index in [-0.39, 0.29) is 21.9 Å². The molecule has 1 saturated heterocycles. The van der Waals surface area contributed by atoms with Gasteiger partial charge < -0.3 is 10.2 Å². The first-order valence-electron chi connectivity index (χ1n) is 8.76. The highest BCUT2D eigenvalue weighted by atomic mass is 32.2. The highest BCUT2D eigenvalue weighted by molar-refractivity contribution is 8.01. The third-order valence-corrected chi connectivity index (χ3v) is 6.49. The van der Waals surface area contributed by atoms with Crippen molar-refractivity contribution in [3.63, 3.8) is 0 Å². The zero-order chi connectivity index (χ0) is 18.3. The lowest BCUT2D eigenvalue weighted by Crippen LogP contribution is -2.52. The molecular weight excluding hydrogens is 346 g/mol. The first-order valence-corrected chi connectivity index (χ1v) is 9.64. The van der Waals surface area contributed by atoms with Crippen LogP contribution in [0.3, 0.4) is 0 Å². The summed E-state index contributed by atoms with van der Waals surface area (Å²) in [6.07, 6.45) is 2.42. The van der Waals surface area contributed by atoms with Crippen LogP contribution >= 0.6 is 11.8 Å². The second kappa shape index (κ2) is 6.43. The third kappa shape index (κ3) is 2.78. The Balaban J connectivity index is 1.50. The molecule has 5 nitrogen and oxygen atoms in total. The molecule has 0 bridgehead atoms. The number of carbonyl (C=O) groups excluding carboxylic acids is 2. The molecule has 1 N–H and O–H groups in total. The van der Waals surface area contributed by atoms with Gasteiger partial charge in [0.2, 0.25) is 5.91 Å². The summed E-state index contributed by atoms with van der Waals surface area (Å²) >= 11 is 1.68. The normalized spacial score (nSPS) is 22.8. The Morgan fingerprint density at radius 1 is 1.23 bits per heavy atom. The lowest BCUT2D eigenvalue weighted by atomic mass is 10.0. The zero-order valence-corrected chi connectivity index (χ0v) is 15.6. The van der Waals surface area contributed by atoms with Crippen LogP contribution in [0.1, 0.15) is 40.8 Å². The minimum Gasteiger partial charge on any atom is -0.354 e. The highest BCUT2D eigenvalue weighted by Crippen LogP contribution is 2.56. The van der Waals surface area contributed by atoms with Gasteiger partial charge in [-0.25, -0.2) is 0 Å².